The van der Waals surface area contributed by atoms with Crippen molar-refractivity contribution in [1.29, 1.82) is 0 Å². The summed E-state index contributed by atoms with van der Waals surface area (Å²) in [6.07, 6.45) is 3.50. The number of aromatic carboxylic acids is 1. The van der Waals surface area contributed by atoms with Crippen LogP contribution in [0.2, 0.25) is 0 Å². The molecule has 6 heteroatoms. The molecule has 6 nitrogen and oxygen atoms in total. The van der Waals surface area contributed by atoms with Gasteiger partial charge in [-0.3, -0.25) is 0 Å². The first-order chi connectivity index (χ1) is 9.47. The highest BCUT2D eigenvalue weighted by Gasteiger charge is 2.26. The number of urea groups is 1. The minimum absolute atomic E-state index is 0.0389. The van der Waals surface area contributed by atoms with Crippen molar-refractivity contribution in [1.82, 2.24) is 9.88 Å². The Morgan fingerprint density at radius 1 is 1.35 bits per heavy atom. The van der Waals surface area contributed by atoms with Crippen molar-refractivity contribution < 1.29 is 14.7 Å². The van der Waals surface area contributed by atoms with Crippen molar-refractivity contribution in [2.45, 2.75) is 32.7 Å². The predicted octanol–water partition coefficient (Wildman–Crippen LogP) is 2.43. The van der Waals surface area contributed by atoms with Crippen molar-refractivity contribution >= 4 is 17.7 Å². The SMILES string of the molecule is CC1CCC(C)N(C(=O)Nc2ccc(C(=O)O)nc2)C1. The molecule has 2 atom stereocenters. The van der Waals surface area contributed by atoms with Gasteiger partial charge in [0.25, 0.3) is 0 Å². The summed E-state index contributed by atoms with van der Waals surface area (Å²) in [4.78, 5) is 28.5. The Morgan fingerprint density at radius 2 is 2.10 bits per heavy atom. The van der Waals surface area contributed by atoms with E-state index in [1.807, 2.05) is 11.8 Å². The number of nitrogens with one attached hydrogen (secondary N) is 1. The topological polar surface area (TPSA) is 82.5 Å². The lowest BCUT2D eigenvalue weighted by atomic mass is 9.95. The number of amides is 2. The number of hydrogen-bond donors (Lipinski definition) is 2. The van der Waals surface area contributed by atoms with Crippen LogP contribution in [0.15, 0.2) is 18.3 Å². The minimum Gasteiger partial charge on any atom is -0.477 e. The first kappa shape index (κ1) is 14.3. The molecule has 0 aromatic carbocycles. The Morgan fingerprint density at radius 3 is 2.70 bits per heavy atom. The molecule has 2 rings (SSSR count). The van der Waals surface area contributed by atoms with Crippen LogP contribution in [0.25, 0.3) is 0 Å². The van der Waals surface area contributed by atoms with Gasteiger partial charge in [-0.1, -0.05) is 6.92 Å². The van der Waals surface area contributed by atoms with E-state index in [1.54, 1.807) is 6.07 Å². The second-order valence-electron chi connectivity index (χ2n) is 5.35. The molecule has 0 spiro atoms. The quantitative estimate of drug-likeness (QED) is 0.869. The monoisotopic (exact) mass is 277 g/mol. The van der Waals surface area contributed by atoms with Crippen LogP contribution in [0, 0.1) is 5.92 Å². The summed E-state index contributed by atoms with van der Waals surface area (Å²) >= 11 is 0. The molecule has 1 aliphatic heterocycles. The van der Waals surface area contributed by atoms with Gasteiger partial charge < -0.3 is 15.3 Å². The summed E-state index contributed by atoms with van der Waals surface area (Å²) in [5.41, 5.74) is 0.466. The molecular weight excluding hydrogens is 258 g/mol. The van der Waals surface area contributed by atoms with Crippen LogP contribution in [0.3, 0.4) is 0 Å². The number of aromatic nitrogens is 1. The Hall–Kier alpha value is -2.11. The third-order valence-electron chi connectivity index (χ3n) is 3.61. The van der Waals surface area contributed by atoms with Gasteiger partial charge in [-0.25, -0.2) is 14.6 Å². The number of anilines is 1. The summed E-state index contributed by atoms with van der Waals surface area (Å²) in [6, 6.07) is 2.98. The number of rotatable bonds is 2. The van der Waals surface area contributed by atoms with E-state index in [0.717, 1.165) is 19.4 Å². The maximum atomic E-state index is 12.2. The van der Waals surface area contributed by atoms with Gasteiger partial charge in [-0.15, -0.1) is 0 Å². The molecule has 2 N–H and O–H groups in total. The fraction of sp³-hybridized carbons (Fsp3) is 0.500. The van der Waals surface area contributed by atoms with Crippen molar-refractivity contribution in [3.8, 4) is 0 Å². The zero-order valence-electron chi connectivity index (χ0n) is 11.7. The zero-order valence-corrected chi connectivity index (χ0v) is 11.7. The molecule has 1 saturated heterocycles. The molecule has 2 amide bonds. The normalized spacial score (nSPS) is 22.4. The van der Waals surface area contributed by atoms with Gasteiger partial charge >= 0.3 is 12.0 Å². The lowest BCUT2D eigenvalue weighted by Gasteiger charge is -2.36. The number of carboxylic acid groups (broad SMARTS) is 1. The Balaban J connectivity index is 2.01. The van der Waals surface area contributed by atoms with Gasteiger partial charge in [0, 0.05) is 12.6 Å². The summed E-state index contributed by atoms with van der Waals surface area (Å²) in [5, 5.41) is 11.5. The molecule has 108 valence electrons. The molecule has 2 unspecified atom stereocenters. The van der Waals surface area contributed by atoms with Crippen LogP contribution in [-0.4, -0.2) is 39.6 Å². The van der Waals surface area contributed by atoms with Gasteiger partial charge in [-0.05, 0) is 37.8 Å². The number of pyridine rings is 1. The van der Waals surface area contributed by atoms with Gasteiger partial charge in [0.2, 0.25) is 0 Å². The molecule has 1 aromatic rings. The van der Waals surface area contributed by atoms with Crippen LogP contribution in [-0.2, 0) is 0 Å². The third kappa shape index (κ3) is 3.26. The fourth-order valence-corrected chi connectivity index (χ4v) is 2.36. The Bertz CT molecular complexity index is 501. The molecule has 0 aliphatic carbocycles. The fourth-order valence-electron chi connectivity index (χ4n) is 2.36. The van der Waals surface area contributed by atoms with Crippen LogP contribution in [0.4, 0.5) is 10.5 Å². The maximum absolute atomic E-state index is 12.2. The maximum Gasteiger partial charge on any atom is 0.354 e. The third-order valence-corrected chi connectivity index (χ3v) is 3.61. The van der Waals surface area contributed by atoms with Crippen LogP contribution in [0.1, 0.15) is 37.2 Å². The van der Waals surface area contributed by atoms with Crippen molar-refractivity contribution in [3.05, 3.63) is 24.0 Å². The van der Waals surface area contributed by atoms with E-state index < -0.39 is 5.97 Å². The molecule has 0 bridgehead atoms. The average molecular weight is 277 g/mol. The molecule has 0 saturated carbocycles. The minimum atomic E-state index is -1.08. The summed E-state index contributed by atoms with van der Waals surface area (Å²) in [6.45, 7) is 4.92. The van der Waals surface area contributed by atoms with E-state index in [-0.39, 0.29) is 17.8 Å². The van der Waals surface area contributed by atoms with Gasteiger partial charge in [0.05, 0.1) is 11.9 Å². The second kappa shape index (κ2) is 5.90. The van der Waals surface area contributed by atoms with Crippen molar-refractivity contribution in [2.75, 3.05) is 11.9 Å². The lowest BCUT2D eigenvalue weighted by Crippen LogP contribution is -2.46. The van der Waals surface area contributed by atoms with E-state index in [4.69, 9.17) is 5.11 Å². The largest absolute Gasteiger partial charge is 0.477 e. The first-order valence-electron chi connectivity index (χ1n) is 6.74. The smallest absolute Gasteiger partial charge is 0.354 e. The van der Waals surface area contributed by atoms with Crippen LogP contribution >= 0.6 is 0 Å². The van der Waals surface area contributed by atoms with Crippen molar-refractivity contribution in [2.24, 2.45) is 5.92 Å². The van der Waals surface area contributed by atoms with Crippen LogP contribution < -0.4 is 5.32 Å². The standard InChI is InChI=1S/C14H19N3O3/c1-9-3-4-10(2)17(8-9)14(20)16-11-5-6-12(13(18)19)15-7-11/h5-7,9-10H,3-4,8H2,1-2H3,(H,16,20)(H,18,19). The number of carboxylic acids is 1. The highest BCUT2D eigenvalue weighted by atomic mass is 16.4. The summed E-state index contributed by atoms with van der Waals surface area (Å²) < 4.78 is 0. The number of nitrogens with zero attached hydrogens (tertiary/aromatic N) is 2. The second-order valence-corrected chi connectivity index (χ2v) is 5.35. The Labute approximate surface area is 117 Å². The van der Waals surface area contributed by atoms with Gasteiger partial charge in [0.15, 0.2) is 0 Å². The number of piperidine rings is 1. The molecule has 1 fully saturated rings. The number of carbonyl (C=O) groups is 2. The summed E-state index contributed by atoms with van der Waals surface area (Å²) in [7, 11) is 0. The predicted molar refractivity (Wildman–Crippen MR) is 74.8 cm³/mol. The van der Waals surface area contributed by atoms with Gasteiger partial charge in [-0.2, -0.15) is 0 Å². The molecule has 20 heavy (non-hydrogen) atoms. The van der Waals surface area contributed by atoms with E-state index in [0.29, 0.717) is 11.6 Å². The Kier molecular flexibility index (Phi) is 4.22. The first-order valence-corrected chi connectivity index (χ1v) is 6.74. The highest BCUT2D eigenvalue weighted by molar-refractivity contribution is 5.90. The molecule has 0 radical (unpaired) electrons. The average Bonchev–Trinajstić information content (AvgIpc) is 2.42. The molecular formula is C14H19N3O3. The van der Waals surface area contributed by atoms with E-state index in [9.17, 15) is 9.59 Å². The van der Waals surface area contributed by atoms with E-state index >= 15 is 0 Å². The number of hydrogen-bond acceptors (Lipinski definition) is 3. The lowest BCUT2D eigenvalue weighted by molar-refractivity contribution is 0.0690. The van der Waals surface area contributed by atoms with E-state index in [1.165, 1.54) is 12.3 Å². The van der Waals surface area contributed by atoms with E-state index in [2.05, 4.69) is 17.2 Å². The highest BCUT2D eigenvalue weighted by Crippen LogP contribution is 2.22. The molecule has 2 heterocycles. The van der Waals surface area contributed by atoms with Gasteiger partial charge in [0.1, 0.15) is 5.69 Å². The zero-order chi connectivity index (χ0) is 14.7. The summed E-state index contributed by atoms with van der Waals surface area (Å²) in [5.74, 6) is -0.578. The molecule has 1 aliphatic rings. The van der Waals surface area contributed by atoms with Crippen molar-refractivity contribution in [3.63, 3.8) is 0 Å². The molecule has 1 aromatic heterocycles. The number of carbonyl (C=O) groups excluding carboxylic acids is 1. The van der Waals surface area contributed by atoms with Crippen LogP contribution in [0.5, 0.6) is 0 Å². The number of likely N-dealkylation sites (tertiary alicyclic amines) is 1.